The minimum atomic E-state index is 0.0220. The number of aliphatic hydroxyl groups excluding tert-OH is 1. The molecule has 0 aliphatic heterocycles. The van der Waals surface area contributed by atoms with Gasteiger partial charge < -0.3 is 14.7 Å². The van der Waals surface area contributed by atoms with Gasteiger partial charge in [0, 0.05) is 18.2 Å². The number of nitrogens with zero attached hydrogens (tertiary/aromatic N) is 1. The van der Waals surface area contributed by atoms with E-state index in [1.807, 2.05) is 29.2 Å². The fourth-order valence-electron chi connectivity index (χ4n) is 2.43. The van der Waals surface area contributed by atoms with Gasteiger partial charge in [0.05, 0.1) is 20.1 Å². The molecule has 0 saturated heterocycles. The quantitative estimate of drug-likeness (QED) is 0.848. The van der Waals surface area contributed by atoms with Gasteiger partial charge in [-0.2, -0.15) is 0 Å². The zero-order valence-electron chi connectivity index (χ0n) is 11.3. The molecule has 4 nitrogen and oxygen atoms in total. The molecular weight excluding hydrogens is 242 g/mol. The fourth-order valence-corrected chi connectivity index (χ4v) is 2.43. The van der Waals surface area contributed by atoms with Gasteiger partial charge in [-0.15, -0.1) is 0 Å². The monoisotopic (exact) mass is 263 g/mol. The zero-order valence-corrected chi connectivity index (χ0v) is 11.3. The van der Waals surface area contributed by atoms with E-state index in [9.17, 15) is 4.79 Å². The lowest BCUT2D eigenvalue weighted by Gasteiger charge is -2.37. The largest absolute Gasteiger partial charge is 0.496 e. The van der Waals surface area contributed by atoms with Crippen LogP contribution in [0.1, 0.15) is 24.8 Å². The predicted octanol–water partition coefficient (Wildman–Crippen LogP) is 1.61. The van der Waals surface area contributed by atoms with Crippen molar-refractivity contribution >= 4 is 5.91 Å². The Labute approximate surface area is 114 Å². The molecule has 0 heterocycles. The number of hydrogen-bond donors (Lipinski definition) is 1. The third-order valence-electron chi connectivity index (χ3n) is 3.71. The van der Waals surface area contributed by atoms with E-state index in [1.54, 1.807) is 7.11 Å². The van der Waals surface area contributed by atoms with Crippen LogP contribution in [0.5, 0.6) is 5.75 Å². The summed E-state index contributed by atoms with van der Waals surface area (Å²) >= 11 is 0. The number of ether oxygens (including phenoxy) is 1. The summed E-state index contributed by atoms with van der Waals surface area (Å²) in [5.41, 5.74) is 0.900. The van der Waals surface area contributed by atoms with Gasteiger partial charge in [0.1, 0.15) is 5.75 Å². The predicted molar refractivity (Wildman–Crippen MR) is 73.1 cm³/mol. The number of methoxy groups -OCH3 is 1. The number of carbonyl (C=O) groups excluding carboxylic acids is 1. The van der Waals surface area contributed by atoms with E-state index in [4.69, 9.17) is 9.84 Å². The van der Waals surface area contributed by atoms with Gasteiger partial charge in [0.25, 0.3) is 0 Å². The highest BCUT2D eigenvalue weighted by Crippen LogP contribution is 2.26. The Morgan fingerprint density at radius 3 is 2.74 bits per heavy atom. The minimum absolute atomic E-state index is 0.0220. The van der Waals surface area contributed by atoms with E-state index in [-0.39, 0.29) is 12.5 Å². The van der Waals surface area contributed by atoms with Gasteiger partial charge in [0.2, 0.25) is 5.91 Å². The molecule has 0 bridgehead atoms. The first kappa shape index (κ1) is 13.9. The van der Waals surface area contributed by atoms with Gasteiger partial charge in [0.15, 0.2) is 0 Å². The van der Waals surface area contributed by atoms with Crippen molar-refractivity contribution in [1.82, 2.24) is 4.90 Å². The number of rotatable bonds is 6. The fraction of sp³-hybridized carbons (Fsp3) is 0.533. The van der Waals surface area contributed by atoms with Crippen LogP contribution in [0.25, 0.3) is 0 Å². The van der Waals surface area contributed by atoms with Crippen molar-refractivity contribution in [1.29, 1.82) is 0 Å². The summed E-state index contributed by atoms with van der Waals surface area (Å²) in [6, 6.07) is 7.89. The maximum Gasteiger partial charge on any atom is 0.227 e. The van der Waals surface area contributed by atoms with Crippen LogP contribution >= 0.6 is 0 Å². The van der Waals surface area contributed by atoms with Crippen LogP contribution in [-0.2, 0) is 11.2 Å². The lowest BCUT2D eigenvalue weighted by atomic mass is 9.91. The first-order valence-corrected chi connectivity index (χ1v) is 6.78. The summed E-state index contributed by atoms with van der Waals surface area (Å²) in [6.07, 6.45) is 3.62. The number of aliphatic hydroxyl groups is 1. The van der Waals surface area contributed by atoms with Crippen LogP contribution in [0.4, 0.5) is 0 Å². The molecular formula is C15H21NO3. The molecule has 2 rings (SSSR count). The molecule has 104 valence electrons. The Bertz CT molecular complexity index is 429. The van der Waals surface area contributed by atoms with E-state index < -0.39 is 0 Å². The van der Waals surface area contributed by atoms with Crippen molar-refractivity contribution in [2.75, 3.05) is 20.3 Å². The standard InChI is InChI=1S/C15H21NO3/c1-19-14-8-3-2-5-12(14)11-15(18)16(9-10-17)13-6-4-7-13/h2-3,5,8,13,17H,4,6-7,9-11H2,1H3. The van der Waals surface area contributed by atoms with E-state index >= 15 is 0 Å². The molecule has 4 heteroatoms. The second kappa shape index (κ2) is 6.57. The number of benzene rings is 1. The Balaban J connectivity index is 2.05. The zero-order chi connectivity index (χ0) is 13.7. The maximum atomic E-state index is 12.4. The smallest absolute Gasteiger partial charge is 0.227 e. The number of amides is 1. The van der Waals surface area contributed by atoms with E-state index in [2.05, 4.69) is 0 Å². The third-order valence-corrected chi connectivity index (χ3v) is 3.71. The molecule has 0 aromatic heterocycles. The number of carbonyl (C=O) groups is 1. The maximum absolute atomic E-state index is 12.4. The van der Waals surface area contributed by atoms with Crippen molar-refractivity contribution in [3.05, 3.63) is 29.8 Å². The van der Waals surface area contributed by atoms with Gasteiger partial charge in [-0.25, -0.2) is 0 Å². The molecule has 0 radical (unpaired) electrons. The van der Waals surface area contributed by atoms with Crippen molar-refractivity contribution in [3.8, 4) is 5.75 Å². The lowest BCUT2D eigenvalue weighted by Crippen LogP contribution is -2.46. The van der Waals surface area contributed by atoms with Crippen molar-refractivity contribution in [2.45, 2.75) is 31.7 Å². The minimum Gasteiger partial charge on any atom is -0.496 e. The Kier molecular flexibility index (Phi) is 4.80. The summed E-state index contributed by atoms with van der Waals surface area (Å²) < 4.78 is 5.27. The van der Waals surface area contributed by atoms with Gasteiger partial charge in [-0.05, 0) is 25.3 Å². The average molecular weight is 263 g/mol. The van der Waals surface area contributed by atoms with Gasteiger partial charge >= 0.3 is 0 Å². The Morgan fingerprint density at radius 2 is 2.16 bits per heavy atom. The van der Waals surface area contributed by atoms with Crippen molar-refractivity contribution in [2.24, 2.45) is 0 Å². The molecule has 1 aromatic rings. The molecule has 1 N–H and O–H groups in total. The highest BCUT2D eigenvalue weighted by atomic mass is 16.5. The molecule has 0 spiro atoms. The molecule has 1 saturated carbocycles. The summed E-state index contributed by atoms with van der Waals surface area (Å²) in [4.78, 5) is 14.2. The lowest BCUT2D eigenvalue weighted by molar-refractivity contribution is -0.135. The molecule has 0 unspecified atom stereocenters. The molecule has 1 aliphatic rings. The molecule has 1 aromatic carbocycles. The average Bonchev–Trinajstić information content (AvgIpc) is 2.36. The first-order valence-electron chi connectivity index (χ1n) is 6.78. The van der Waals surface area contributed by atoms with Crippen molar-refractivity contribution < 1.29 is 14.6 Å². The van der Waals surface area contributed by atoms with E-state index in [0.717, 1.165) is 24.2 Å². The van der Waals surface area contributed by atoms with E-state index in [0.29, 0.717) is 19.0 Å². The van der Waals surface area contributed by atoms with Crippen LogP contribution in [0.3, 0.4) is 0 Å². The van der Waals surface area contributed by atoms with Gasteiger partial charge in [-0.1, -0.05) is 18.2 Å². The molecule has 1 amide bonds. The topological polar surface area (TPSA) is 49.8 Å². The Hall–Kier alpha value is -1.55. The van der Waals surface area contributed by atoms with Crippen LogP contribution < -0.4 is 4.74 Å². The molecule has 1 aliphatic carbocycles. The number of hydrogen-bond acceptors (Lipinski definition) is 3. The Morgan fingerprint density at radius 1 is 1.42 bits per heavy atom. The molecule has 0 atom stereocenters. The van der Waals surface area contributed by atoms with Crippen LogP contribution in [0.15, 0.2) is 24.3 Å². The second-order valence-corrected chi connectivity index (χ2v) is 4.88. The third kappa shape index (κ3) is 3.26. The number of para-hydroxylation sites is 1. The van der Waals surface area contributed by atoms with Gasteiger partial charge in [-0.3, -0.25) is 4.79 Å². The van der Waals surface area contributed by atoms with Crippen LogP contribution in [-0.4, -0.2) is 42.2 Å². The highest BCUT2D eigenvalue weighted by molar-refractivity contribution is 5.80. The van der Waals surface area contributed by atoms with Crippen LogP contribution in [0.2, 0.25) is 0 Å². The first-order chi connectivity index (χ1) is 9.26. The summed E-state index contributed by atoms with van der Waals surface area (Å²) in [5, 5.41) is 9.10. The highest BCUT2D eigenvalue weighted by Gasteiger charge is 2.28. The summed E-state index contributed by atoms with van der Waals surface area (Å²) in [5.74, 6) is 0.816. The SMILES string of the molecule is COc1ccccc1CC(=O)N(CCO)C1CCC1. The van der Waals surface area contributed by atoms with Crippen molar-refractivity contribution in [3.63, 3.8) is 0 Å². The molecule has 1 fully saturated rings. The summed E-state index contributed by atoms with van der Waals surface area (Å²) in [7, 11) is 1.61. The summed E-state index contributed by atoms with van der Waals surface area (Å²) in [6.45, 7) is 0.451. The van der Waals surface area contributed by atoms with Crippen LogP contribution in [0, 0.1) is 0 Å². The molecule has 19 heavy (non-hydrogen) atoms. The normalized spacial score (nSPS) is 14.8. The second-order valence-electron chi connectivity index (χ2n) is 4.88. The van der Waals surface area contributed by atoms with E-state index in [1.165, 1.54) is 6.42 Å².